The monoisotopic (exact) mass is 388 g/mol. The van der Waals surface area contributed by atoms with E-state index in [-0.39, 0.29) is 12.5 Å². The number of esters is 1. The van der Waals surface area contributed by atoms with E-state index in [0.29, 0.717) is 15.4 Å². The van der Waals surface area contributed by atoms with Gasteiger partial charge in [0, 0.05) is 10.6 Å². The van der Waals surface area contributed by atoms with Gasteiger partial charge in [-0.15, -0.1) is 0 Å². The Morgan fingerprint density at radius 3 is 2.54 bits per heavy atom. The summed E-state index contributed by atoms with van der Waals surface area (Å²) in [5.74, 6) is -0.787. The van der Waals surface area contributed by atoms with E-state index in [0.717, 1.165) is 21.3 Å². The molecule has 3 rings (SSSR count). The van der Waals surface area contributed by atoms with E-state index in [2.05, 4.69) is 11.1 Å². The molecule has 0 aliphatic rings. The first kappa shape index (κ1) is 18.4. The van der Waals surface area contributed by atoms with Crippen LogP contribution in [0, 0.1) is 13.8 Å². The average Bonchev–Trinajstić information content (AvgIpc) is 2.93. The molecule has 5 nitrogen and oxygen atoms in total. The van der Waals surface area contributed by atoms with Gasteiger partial charge in [0.05, 0.1) is 17.3 Å². The zero-order chi connectivity index (χ0) is 18.8. The summed E-state index contributed by atoms with van der Waals surface area (Å²) in [5, 5.41) is 0.551. The highest BCUT2D eigenvalue weighted by Crippen LogP contribution is 2.23. The standard InChI is InChI=1S/C19H17ClN2O3S/c1-11-8-12(2)17-15(9-11)22(10-16(23)25-3)19(26-17)21-18(24)13-4-6-14(20)7-5-13/h4-9H,10H2,1-3H3. The van der Waals surface area contributed by atoms with Gasteiger partial charge in [0.15, 0.2) is 4.80 Å². The molecule has 1 amide bonds. The van der Waals surface area contributed by atoms with Crippen molar-refractivity contribution >= 4 is 45.0 Å². The molecule has 0 N–H and O–H groups in total. The van der Waals surface area contributed by atoms with Crippen LogP contribution in [0.2, 0.25) is 5.02 Å². The summed E-state index contributed by atoms with van der Waals surface area (Å²) in [4.78, 5) is 29.1. The number of carbonyl (C=O) groups excluding carboxylic acids is 2. The summed E-state index contributed by atoms with van der Waals surface area (Å²) in [5.41, 5.74) is 3.44. The second-order valence-corrected chi connectivity index (χ2v) is 7.31. The number of halogens is 1. The van der Waals surface area contributed by atoms with Crippen molar-refractivity contribution in [3.8, 4) is 0 Å². The van der Waals surface area contributed by atoms with Crippen LogP contribution in [0.3, 0.4) is 0 Å². The maximum atomic E-state index is 12.5. The number of thiazole rings is 1. The fraction of sp³-hybridized carbons (Fsp3) is 0.211. The third kappa shape index (κ3) is 3.71. The van der Waals surface area contributed by atoms with Gasteiger partial charge in [-0.25, -0.2) is 0 Å². The molecule has 0 radical (unpaired) electrons. The highest BCUT2D eigenvalue weighted by Gasteiger charge is 2.14. The minimum Gasteiger partial charge on any atom is -0.468 e. The number of hydrogen-bond donors (Lipinski definition) is 0. The molecule has 0 unspecified atom stereocenters. The Labute approximate surface area is 159 Å². The van der Waals surface area contributed by atoms with Crippen molar-refractivity contribution in [2.45, 2.75) is 20.4 Å². The van der Waals surface area contributed by atoms with Gasteiger partial charge in [0.1, 0.15) is 6.54 Å². The molecule has 3 aromatic rings. The Bertz CT molecular complexity index is 1060. The topological polar surface area (TPSA) is 60.7 Å². The summed E-state index contributed by atoms with van der Waals surface area (Å²) >= 11 is 7.24. The Balaban J connectivity index is 2.18. The van der Waals surface area contributed by atoms with E-state index in [1.807, 2.05) is 19.9 Å². The number of aryl methyl sites for hydroxylation is 2. The van der Waals surface area contributed by atoms with Gasteiger partial charge in [-0.3, -0.25) is 9.59 Å². The number of nitrogens with zero attached hydrogens (tertiary/aromatic N) is 2. The number of fused-ring (bicyclic) bond motifs is 1. The van der Waals surface area contributed by atoms with Crippen LogP contribution in [0.25, 0.3) is 10.2 Å². The quantitative estimate of drug-likeness (QED) is 0.639. The van der Waals surface area contributed by atoms with Crippen LogP contribution in [0.4, 0.5) is 0 Å². The van der Waals surface area contributed by atoms with Crippen molar-refractivity contribution in [1.82, 2.24) is 4.57 Å². The third-order valence-corrected chi connectivity index (χ3v) is 5.40. The van der Waals surface area contributed by atoms with Crippen LogP contribution < -0.4 is 4.80 Å². The van der Waals surface area contributed by atoms with Crippen molar-refractivity contribution in [3.63, 3.8) is 0 Å². The normalized spacial score (nSPS) is 11.8. The first-order valence-electron chi connectivity index (χ1n) is 7.91. The molecule has 134 valence electrons. The fourth-order valence-corrected chi connectivity index (χ4v) is 3.89. The SMILES string of the molecule is COC(=O)Cn1c(=NC(=O)c2ccc(Cl)cc2)sc2c(C)cc(C)cc21. The molecule has 26 heavy (non-hydrogen) atoms. The van der Waals surface area contributed by atoms with Crippen LogP contribution in [0.15, 0.2) is 41.4 Å². The van der Waals surface area contributed by atoms with E-state index in [1.54, 1.807) is 28.8 Å². The number of rotatable bonds is 3. The molecule has 0 atom stereocenters. The van der Waals surface area contributed by atoms with E-state index in [9.17, 15) is 9.59 Å². The molecule has 0 fully saturated rings. The lowest BCUT2D eigenvalue weighted by Crippen LogP contribution is -2.22. The second-order valence-electron chi connectivity index (χ2n) is 5.90. The molecule has 2 aromatic carbocycles. The molecule has 1 aromatic heterocycles. The minimum atomic E-state index is -0.399. The predicted octanol–water partition coefficient (Wildman–Crippen LogP) is 3.89. The molecular formula is C19H17ClN2O3S. The van der Waals surface area contributed by atoms with Crippen LogP contribution in [0.5, 0.6) is 0 Å². The lowest BCUT2D eigenvalue weighted by Gasteiger charge is -2.05. The van der Waals surface area contributed by atoms with Crippen molar-refractivity contribution in [3.05, 3.63) is 62.9 Å². The number of ether oxygens (including phenoxy) is 1. The van der Waals surface area contributed by atoms with E-state index in [1.165, 1.54) is 18.4 Å². The number of benzene rings is 2. The van der Waals surface area contributed by atoms with Crippen LogP contribution in [-0.2, 0) is 16.1 Å². The van der Waals surface area contributed by atoms with Gasteiger partial charge >= 0.3 is 5.97 Å². The third-order valence-electron chi connectivity index (χ3n) is 3.92. The Kier molecular flexibility index (Phi) is 5.25. The number of aromatic nitrogens is 1. The molecule has 1 heterocycles. The van der Waals surface area contributed by atoms with Gasteiger partial charge in [-0.05, 0) is 55.3 Å². The average molecular weight is 389 g/mol. The molecule has 0 aliphatic carbocycles. The van der Waals surface area contributed by atoms with Gasteiger partial charge in [-0.1, -0.05) is 29.0 Å². The van der Waals surface area contributed by atoms with E-state index < -0.39 is 5.97 Å². The predicted molar refractivity (Wildman–Crippen MR) is 103 cm³/mol. The Morgan fingerprint density at radius 2 is 1.88 bits per heavy atom. The van der Waals surface area contributed by atoms with Gasteiger partial charge in [0.2, 0.25) is 0 Å². The largest absolute Gasteiger partial charge is 0.468 e. The molecule has 0 aliphatic heterocycles. The summed E-state index contributed by atoms with van der Waals surface area (Å²) in [6.07, 6.45) is 0. The number of carbonyl (C=O) groups is 2. The molecular weight excluding hydrogens is 372 g/mol. The van der Waals surface area contributed by atoms with Crippen molar-refractivity contribution in [2.24, 2.45) is 4.99 Å². The van der Waals surface area contributed by atoms with Gasteiger partial charge in [0.25, 0.3) is 5.91 Å². The molecule has 0 saturated carbocycles. The van der Waals surface area contributed by atoms with Crippen LogP contribution in [0.1, 0.15) is 21.5 Å². The summed E-state index contributed by atoms with van der Waals surface area (Å²) in [6.45, 7) is 3.98. The summed E-state index contributed by atoms with van der Waals surface area (Å²) in [6, 6.07) is 10.6. The van der Waals surface area contributed by atoms with Crippen molar-refractivity contribution in [1.29, 1.82) is 0 Å². The maximum Gasteiger partial charge on any atom is 0.325 e. The lowest BCUT2D eigenvalue weighted by molar-refractivity contribution is -0.141. The second kappa shape index (κ2) is 7.43. The Hall–Kier alpha value is -2.44. The molecule has 0 bridgehead atoms. The fourth-order valence-electron chi connectivity index (χ4n) is 2.69. The number of amides is 1. The van der Waals surface area contributed by atoms with E-state index >= 15 is 0 Å². The molecule has 0 saturated heterocycles. The highest BCUT2D eigenvalue weighted by molar-refractivity contribution is 7.16. The Morgan fingerprint density at radius 1 is 1.19 bits per heavy atom. The lowest BCUT2D eigenvalue weighted by atomic mass is 10.1. The van der Waals surface area contributed by atoms with Crippen LogP contribution in [-0.4, -0.2) is 23.6 Å². The zero-order valence-electron chi connectivity index (χ0n) is 14.6. The molecule has 0 spiro atoms. The van der Waals surface area contributed by atoms with Gasteiger partial charge in [-0.2, -0.15) is 4.99 Å². The van der Waals surface area contributed by atoms with Crippen molar-refractivity contribution in [2.75, 3.05) is 7.11 Å². The number of hydrogen-bond acceptors (Lipinski definition) is 4. The maximum absolute atomic E-state index is 12.5. The smallest absolute Gasteiger partial charge is 0.325 e. The minimum absolute atomic E-state index is 0.00781. The van der Waals surface area contributed by atoms with Crippen molar-refractivity contribution < 1.29 is 14.3 Å². The highest BCUT2D eigenvalue weighted by atomic mass is 35.5. The van der Waals surface area contributed by atoms with Crippen LogP contribution >= 0.6 is 22.9 Å². The zero-order valence-corrected chi connectivity index (χ0v) is 16.1. The van der Waals surface area contributed by atoms with E-state index in [4.69, 9.17) is 16.3 Å². The summed E-state index contributed by atoms with van der Waals surface area (Å²) < 4.78 is 7.50. The number of methoxy groups -OCH3 is 1. The van der Waals surface area contributed by atoms with Gasteiger partial charge < -0.3 is 9.30 Å². The molecule has 7 heteroatoms. The summed E-state index contributed by atoms with van der Waals surface area (Å²) in [7, 11) is 1.34. The first-order valence-corrected chi connectivity index (χ1v) is 9.10. The first-order chi connectivity index (χ1) is 12.4.